The summed E-state index contributed by atoms with van der Waals surface area (Å²) in [6.45, 7) is 3.42. The summed E-state index contributed by atoms with van der Waals surface area (Å²) >= 11 is 0. The van der Waals surface area contributed by atoms with Gasteiger partial charge in [0.1, 0.15) is 11.6 Å². The van der Waals surface area contributed by atoms with Gasteiger partial charge in [-0.15, -0.1) is 0 Å². The number of aromatic nitrogens is 1. The van der Waals surface area contributed by atoms with Gasteiger partial charge in [-0.05, 0) is 6.92 Å². The van der Waals surface area contributed by atoms with E-state index >= 15 is 0 Å². The van der Waals surface area contributed by atoms with Crippen molar-refractivity contribution in [2.75, 3.05) is 5.73 Å². The van der Waals surface area contributed by atoms with Crippen molar-refractivity contribution >= 4 is 5.82 Å². The van der Waals surface area contributed by atoms with Crippen molar-refractivity contribution < 1.29 is 5.11 Å². The van der Waals surface area contributed by atoms with E-state index in [-0.39, 0.29) is 17.1 Å². The first-order valence-electron chi connectivity index (χ1n) is 2.65. The number of rotatable bonds is 0. The minimum atomic E-state index is -0.428. The van der Waals surface area contributed by atoms with Gasteiger partial charge >= 0.3 is 0 Å². The van der Waals surface area contributed by atoms with Crippen LogP contribution in [-0.2, 0) is 0 Å². The molecule has 0 bridgehead atoms. The third kappa shape index (κ3) is 0.953. The van der Waals surface area contributed by atoms with Gasteiger partial charge in [0.25, 0.3) is 5.56 Å². The van der Waals surface area contributed by atoms with Crippen LogP contribution in [0.25, 0.3) is 0 Å². The molecule has 0 fully saturated rings. The lowest BCUT2D eigenvalue weighted by Crippen LogP contribution is -2.08. The number of hydrogen-bond acceptors (Lipinski definition) is 3. The van der Waals surface area contributed by atoms with Crippen molar-refractivity contribution in [3.05, 3.63) is 28.9 Å². The van der Waals surface area contributed by atoms with Gasteiger partial charge in [0.15, 0.2) is 0 Å². The molecule has 53 valence electrons. The molecule has 0 aliphatic carbocycles. The fourth-order valence-corrected chi connectivity index (χ4v) is 0.594. The number of aromatic amines is 1. The second kappa shape index (κ2) is 2.06. The van der Waals surface area contributed by atoms with E-state index in [1.165, 1.54) is 0 Å². The normalized spacial score (nSPS) is 9.70. The molecule has 0 spiro atoms. The highest BCUT2D eigenvalue weighted by Gasteiger charge is 2.00. The SMILES string of the molecule is [CH2]c1c(O)cc(=O)[nH]c1N. The number of nitrogens with one attached hydrogen (secondary N) is 1. The van der Waals surface area contributed by atoms with Gasteiger partial charge in [-0.1, -0.05) is 0 Å². The molecule has 4 heteroatoms. The number of anilines is 1. The standard InChI is InChI=1S/C6H7N2O2/c1-3-4(9)2-5(10)8-6(3)7/h2H,1H2,(H4,7,8,9,10). The second-order valence-electron chi connectivity index (χ2n) is 1.91. The quantitative estimate of drug-likeness (QED) is 0.467. The van der Waals surface area contributed by atoms with E-state index in [0.717, 1.165) is 6.07 Å². The van der Waals surface area contributed by atoms with Crippen LogP contribution in [0.4, 0.5) is 5.82 Å². The van der Waals surface area contributed by atoms with Crippen molar-refractivity contribution in [2.24, 2.45) is 0 Å². The molecule has 0 saturated carbocycles. The topological polar surface area (TPSA) is 79.1 Å². The summed E-state index contributed by atoms with van der Waals surface area (Å²) in [7, 11) is 0. The van der Waals surface area contributed by atoms with E-state index in [0.29, 0.717) is 0 Å². The number of hydrogen-bond donors (Lipinski definition) is 3. The van der Waals surface area contributed by atoms with Gasteiger partial charge in [-0.25, -0.2) is 0 Å². The summed E-state index contributed by atoms with van der Waals surface area (Å²) in [5.41, 5.74) is 5.06. The van der Waals surface area contributed by atoms with E-state index in [1.807, 2.05) is 0 Å². The summed E-state index contributed by atoms with van der Waals surface area (Å²) in [5, 5.41) is 8.92. The highest BCUT2D eigenvalue weighted by atomic mass is 16.3. The largest absolute Gasteiger partial charge is 0.507 e. The van der Waals surface area contributed by atoms with Crippen molar-refractivity contribution in [1.82, 2.24) is 4.98 Å². The summed E-state index contributed by atoms with van der Waals surface area (Å²) in [6, 6.07) is 1.03. The molecule has 0 unspecified atom stereocenters. The number of nitrogen functional groups attached to an aromatic ring is 1. The fraction of sp³-hybridized carbons (Fsp3) is 0. The van der Waals surface area contributed by atoms with Crippen LogP contribution in [0.3, 0.4) is 0 Å². The Morgan fingerprint density at radius 1 is 1.70 bits per heavy atom. The molecule has 1 aromatic rings. The molecule has 0 saturated heterocycles. The molecule has 0 aliphatic rings. The lowest BCUT2D eigenvalue weighted by atomic mass is 10.3. The van der Waals surface area contributed by atoms with Gasteiger partial charge in [-0.3, -0.25) is 4.79 Å². The van der Waals surface area contributed by atoms with Crippen LogP contribution in [0, 0.1) is 6.92 Å². The van der Waals surface area contributed by atoms with E-state index < -0.39 is 5.56 Å². The molecule has 0 aromatic carbocycles. The zero-order valence-electron chi connectivity index (χ0n) is 5.22. The first-order chi connectivity index (χ1) is 4.61. The number of aromatic hydroxyl groups is 1. The minimum Gasteiger partial charge on any atom is -0.507 e. The molecule has 1 aromatic heterocycles. The van der Waals surface area contributed by atoms with E-state index in [4.69, 9.17) is 10.8 Å². The molecule has 0 amide bonds. The van der Waals surface area contributed by atoms with Crippen molar-refractivity contribution in [2.45, 2.75) is 0 Å². The van der Waals surface area contributed by atoms with Gasteiger partial charge in [0.05, 0.1) is 0 Å². The van der Waals surface area contributed by atoms with Crippen LogP contribution in [0.2, 0.25) is 0 Å². The van der Waals surface area contributed by atoms with Crippen molar-refractivity contribution in [3.63, 3.8) is 0 Å². The lowest BCUT2D eigenvalue weighted by Gasteiger charge is -1.99. The Morgan fingerprint density at radius 2 is 2.30 bits per heavy atom. The molecule has 4 nitrogen and oxygen atoms in total. The first kappa shape index (κ1) is 6.67. The van der Waals surface area contributed by atoms with Crippen LogP contribution in [-0.4, -0.2) is 10.1 Å². The lowest BCUT2D eigenvalue weighted by molar-refractivity contribution is 0.472. The Hall–Kier alpha value is -1.45. The Bertz CT molecular complexity index is 277. The highest BCUT2D eigenvalue weighted by Crippen LogP contribution is 2.15. The predicted octanol–water partition coefficient (Wildman–Crippen LogP) is -0.155. The fourth-order valence-electron chi connectivity index (χ4n) is 0.594. The molecule has 1 rings (SSSR count). The maximum Gasteiger partial charge on any atom is 0.253 e. The van der Waals surface area contributed by atoms with Crippen LogP contribution in [0.5, 0.6) is 5.75 Å². The first-order valence-corrected chi connectivity index (χ1v) is 2.65. The summed E-state index contributed by atoms with van der Waals surface area (Å²) in [5.74, 6) is -0.0775. The van der Waals surface area contributed by atoms with Crippen LogP contribution >= 0.6 is 0 Å². The monoisotopic (exact) mass is 139 g/mol. The van der Waals surface area contributed by atoms with Crippen LogP contribution < -0.4 is 11.3 Å². The zero-order chi connectivity index (χ0) is 7.72. The summed E-state index contributed by atoms with van der Waals surface area (Å²) < 4.78 is 0. The van der Waals surface area contributed by atoms with Crippen molar-refractivity contribution in [1.29, 1.82) is 0 Å². The third-order valence-electron chi connectivity index (χ3n) is 1.16. The van der Waals surface area contributed by atoms with E-state index in [1.54, 1.807) is 0 Å². The number of nitrogens with two attached hydrogens (primary N) is 1. The molecule has 0 atom stereocenters. The number of pyridine rings is 1. The third-order valence-corrected chi connectivity index (χ3v) is 1.16. The van der Waals surface area contributed by atoms with Crippen LogP contribution in [0.15, 0.2) is 10.9 Å². The molecule has 10 heavy (non-hydrogen) atoms. The Balaban J connectivity index is 3.46. The van der Waals surface area contributed by atoms with Crippen molar-refractivity contribution in [3.8, 4) is 5.75 Å². The summed E-state index contributed by atoms with van der Waals surface area (Å²) in [4.78, 5) is 12.8. The Kier molecular flexibility index (Phi) is 1.37. The van der Waals surface area contributed by atoms with E-state index in [9.17, 15) is 4.79 Å². The Morgan fingerprint density at radius 3 is 2.80 bits per heavy atom. The van der Waals surface area contributed by atoms with Gasteiger partial charge in [0.2, 0.25) is 0 Å². The second-order valence-corrected chi connectivity index (χ2v) is 1.91. The molecule has 0 aliphatic heterocycles. The maximum absolute atomic E-state index is 10.5. The molecule has 4 N–H and O–H groups in total. The molecular formula is C6H7N2O2. The van der Waals surface area contributed by atoms with Gasteiger partial charge < -0.3 is 15.8 Å². The summed E-state index contributed by atoms with van der Waals surface area (Å²) in [6.07, 6.45) is 0. The van der Waals surface area contributed by atoms with E-state index in [2.05, 4.69) is 11.9 Å². The number of H-pyrrole nitrogens is 1. The zero-order valence-corrected chi connectivity index (χ0v) is 5.22. The minimum absolute atomic E-state index is 0.102. The maximum atomic E-state index is 10.5. The Labute approximate surface area is 57.3 Å². The van der Waals surface area contributed by atoms with Gasteiger partial charge in [0, 0.05) is 11.6 Å². The van der Waals surface area contributed by atoms with Gasteiger partial charge in [-0.2, -0.15) is 0 Å². The molecule has 1 radical (unpaired) electrons. The molecule has 1 heterocycles. The predicted molar refractivity (Wildman–Crippen MR) is 37.6 cm³/mol. The van der Waals surface area contributed by atoms with Crippen LogP contribution in [0.1, 0.15) is 5.56 Å². The average Bonchev–Trinajstić information content (AvgIpc) is 1.82. The smallest absolute Gasteiger partial charge is 0.253 e. The highest BCUT2D eigenvalue weighted by molar-refractivity contribution is 5.49. The molecular weight excluding hydrogens is 132 g/mol. The average molecular weight is 139 g/mol.